The first kappa shape index (κ1) is 23.4. The fraction of sp³-hybridized carbons (Fsp3) is 0.630. The van der Waals surface area contributed by atoms with Crippen molar-refractivity contribution in [1.29, 1.82) is 0 Å². The molecule has 2 bridgehead atoms. The SMILES string of the molecule is Cc1ccc2c3c1O[C@H]1C(OC(=O)[C@@H](C)CC(=O)OC(C)(C)C)=CC[C@@]4(O)[C@@H](C2)N(C)CC[C@]314. The number of carbonyl (C=O) groups is 2. The summed E-state index contributed by atoms with van der Waals surface area (Å²) in [7, 11) is 2.07. The van der Waals surface area contributed by atoms with Crippen molar-refractivity contribution in [3.8, 4) is 5.75 Å². The Labute approximate surface area is 201 Å². The van der Waals surface area contributed by atoms with Crippen molar-refractivity contribution >= 4 is 11.9 Å². The topological polar surface area (TPSA) is 85.3 Å². The molecule has 4 aliphatic rings. The van der Waals surface area contributed by atoms with Gasteiger partial charge in [-0.15, -0.1) is 0 Å². The van der Waals surface area contributed by atoms with E-state index in [4.69, 9.17) is 14.2 Å². The van der Waals surface area contributed by atoms with E-state index in [2.05, 4.69) is 24.1 Å². The summed E-state index contributed by atoms with van der Waals surface area (Å²) in [6, 6.07) is 4.19. The number of rotatable bonds is 4. The first-order chi connectivity index (χ1) is 15.9. The van der Waals surface area contributed by atoms with Crippen LogP contribution in [0.3, 0.4) is 0 Å². The molecule has 1 fully saturated rings. The van der Waals surface area contributed by atoms with Crippen LogP contribution in [-0.2, 0) is 30.9 Å². The molecule has 0 amide bonds. The van der Waals surface area contributed by atoms with Gasteiger partial charge in [-0.1, -0.05) is 19.1 Å². The molecule has 7 nitrogen and oxygen atoms in total. The van der Waals surface area contributed by atoms with Crippen molar-refractivity contribution in [2.24, 2.45) is 5.92 Å². The van der Waals surface area contributed by atoms with Crippen LogP contribution < -0.4 is 4.74 Å². The van der Waals surface area contributed by atoms with E-state index in [1.807, 2.05) is 13.0 Å². The van der Waals surface area contributed by atoms with Crippen molar-refractivity contribution in [2.75, 3.05) is 13.6 Å². The van der Waals surface area contributed by atoms with Crippen molar-refractivity contribution in [2.45, 2.75) is 89.1 Å². The second-order valence-electron chi connectivity index (χ2n) is 11.5. The molecular formula is C27H35NO6. The lowest BCUT2D eigenvalue weighted by Crippen LogP contribution is -2.74. The Balaban J connectivity index is 1.46. The van der Waals surface area contributed by atoms with E-state index in [9.17, 15) is 14.7 Å². The van der Waals surface area contributed by atoms with E-state index in [1.165, 1.54) is 5.56 Å². The highest BCUT2D eigenvalue weighted by atomic mass is 16.6. The molecule has 2 heterocycles. The highest BCUT2D eigenvalue weighted by Crippen LogP contribution is 2.64. The van der Waals surface area contributed by atoms with Gasteiger partial charge in [-0.25, -0.2) is 0 Å². The predicted molar refractivity (Wildman–Crippen MR) is 125 cm³/mol. The molecule has 184 valence electrons. The Bertz CT molecular complexity index is 1090. The number of hydrogen-bond acceptors (Lipinski definition) is 7. The van der Waals surface area contributed by atoms with Gasteiger partial charge in [0.05, 0.1) is 23.4 Å². The van der Waals surface area contributed by atoms with E-state index in [-0.39, 0.29) is 12.5 Å². The Morgan fingerprint density at radius 2 is 2.06 bits per heavy atom. The van der Waals surface area contributed by atoms with Crippen LogP contribution >= 0.6 is 0 Å². The number of aliphatic hydroxyl groups is 1. The Kier molecular flexibility index (Phi) is 5.19. The van der Waals surface area contributed by atoms with Crippen molar-refractivity contribution in [1.82, 2.24) is 4.90 Å². The Morgan fingerprint density at radius 3 is 2.76 bits per heavy atom. The van der Waals surface area contributed by atoms with Gasteiger partial charge in [0.15, 0.2) is 6.10 Å². The molecule has 1 aromatic rings. The first-order valence-electron chi connectivity index (χ1n) is 12.2. The van der Waals surface area contributed by atoms with Crippen LogP contribution in [0.2, 0.25) is 0 Å². The smallest absolute Gasteiger partial charge is 0.314 e. The second kappa shape index (κ2) is 7.56. The number of likely N-dealkylation sites (N-methyl/N-ethyl adjacent to an activating group) is 1. The number of esters is 2. The van der Waals surface area contributed by atoms with E-state index < -0.39 is 40.6 Å². The normalized spacial score (nSPS) is 32.3. The minimum absolute atomic E-state index is 0.0342. The molecule has 7 heteroatoms. The summed E-state index contributed by atoms with van der Waals surface area (Å²) >= 11 is 0. The lowest BCUT2D eigenvalue weighted by molar-refractivity contribution is -0.171. The number of carbonyl (C=O) groups excluding carboxylic acids is 2. The van der Waals surface area contributed by atoms with Gasteiger partial charge in [0.2, 0.25) is 0 Å². The minimum atomic E-state index is -1.01. The van der Waals surface area contributed by atoms with Gasteiger partial charge >= 0.3 is 11.9 Å². The van der Waals surface area contributed by atoms with Gasteiger partial charge in [-0.05, 0) is 71.3 Å². The number of piperidine rings is 1. The summed E-state index contributed by atoms with van der Waals surface area (Å²) in [5, 5.41) is 12.2. The Hall–Kier alpha value is -2.38. The number of likely N-dealkylation sites (tertiary alicyclic amines) is 1. The fourth-order valence-corrected chi connectivity index (χ4v) is 6.52. The van der Waals surface area contributed by atoms with Crippen LogP contribution in [0.4, 0.5) is 0 Å². The quantitative estimate of drug-likeness (QED) is 0.678. The van der Waals surface area contributed by atoms with Crippen LogP contribution in [0.1, 0.15) is 63.6 Å². The van der Waals surface area contributed by atoms with Crippen LogP contribution in [0.25, 0.3) is 0 Å². The maximum atomic E-state index is 13.0. The molecule has 0 radical (unpaired) electrons. The molecule has 2 aliphatic carbocycles. The van der Waals surface area contributed by atoms with E-state index in [0.717, 1.165) is 29.8 Å². The van der Waals surface area contributed by atoms with E-state index in [0.29, 0.717) is 18.6 Å². The molecule has 1 saturated heterocycles. The van der Waals surface area contributed by atoms with Gasteiger partial charge in [-0.2, -0.15) is 0 Å². The van der Waals surface area contributed by atoms with Crippen LogP contribution in [-0.4, -0.2) is 58.9 Å². The van der Waals surface area contributed by atoms with Gasteiger partial charge < -0.3 is 24.2 Å². The monoisotopic (exact) mass is 469 g/mol. The van der Waals surface area contributed by atoms with Gasteiger partial charge in [0.25, 0.3) is 0 Å². The Morgan fingerprint density at radius 1 is 1.32 bits per heavy atom. The lowest BCUT2D eigenvalue weighted by Gasteiger charge is -2.61. The zero-order valence-corrected chi connectivity index (χ0v) is 20.9. The average Bonchev–Trinajstić information content (AvgIpc) is 3.09. The highest BCUT2D eigenvalue weighted by molar-refractivity contribution is 5.80. The molecule has 5 rings (SSSR count). The molecule has 1 N–H and O–H groups in total. The molecule has 1 spiro atoms. The molecule has 34 heavy (non-hydrogen) atoms. The molecule has 0 aromatic heterocycles. The molecular weight excluding hydrogens is 434 g/mol. The van der Waals surface area contributed by atoms with Crippen LogP contribution in [0.5, 0.6) is 5.75 Å². The minimum Gasteiger partial charge on any atom is -0.481 e. The largest absolute Gasteiger partial charge is 0.481 e. The summed E-state index contributed by atoms with van der Waals surface area (Å²) in [4.78, 5) is 27.5. The summed E-state index contributed by atoms with van der Waals surface area (Å²) in [6.45, 7) is 9.91. The molecule has 0 saturated carbocycles. The first-order valence-corrected chi connectivity index (χ1v) is 12.2. The highest BCUT2D eigenvalue weighted by Gasteiger charge is 2.71. The molecule has 2 aliphatic heterocycles. The van der Waals surface area contributed by atoms with E-state index >= 15 is 0 Å². The summed E-state index contributed by atoms with van der Waals surface area (Å²) < 4.78 is 17.8. The predicted octanol–water partition coefficient (Wildman–Crippen LogP) is 3.18. The maximum Gasteiger partial charge on any atom is 0.314 e. The number of benzene rings is 1. The van der Waals surface area contributed by atoms with Crippen molar-refractivity contribution < 1.29 is 28.9 Å². The molecule has 0 unspecified atom stereocenters. The second-order valence-corrected chi connectivity index (χ2v) is 11.5. The van der Waals surface area contributed by atoms with Crippen molar-refractivity contribution in [3.05, 3.63) is 40.7 Å². The van der Waals surface area contributed by atoms with E-state index in [1.54, 1.807) is 27.7 Å². The summed E-state index contributed by atoms with van der Waals surface area (Å²) in [5.41, 5.74) is 1.04. The van der Waals surface area contributed by atoms with Gasteiger partial charge in [-0.3, -0.25) is 9.59 Å². The zero-order valence-electron chi connectivity index (χ0n) is 20.9. The summed E-state index contributed by atoms with van der Waals surface area (Å²) in [5.74, 6) is -0.327. The van der Waals surface area contributed by atoms with Crippen molar-refractivity contribution in [3.63, 3.8) is 0 Å². The third kappa shape index (κ3) is 3.23. The maximum absolute atomic E-state index is 13.0. The lowest BCUT2D eigenvalue weighted by atomic mass is 9.50. The van der Waals surface area contributed by atoms with Crippen LogP contribution in [0.15, 0.2) is 24.0 Å². The number of hydrogen-bond donors (Lipinski definition) is 1. The number of aryl methyl sites for hydroxylation is 1. The number of ether oxygens (including phenoxy) is 3. The molecule has 1 aromatic carbocycles. The fourth-order valence-electron chi connectivity index (χ4n) is 6.52. The van der Waals surface area contributed by atoms with Gasteiger partial charge in [0, 0.05) is 18.0 Å². The average molecular weight is 470 g/mol. The zero-order chi connectivity index (χ0) is 24.6. The molecule has 5 atom stereocenters. The third-order valence-corrected chi connectivity index (χ3v) is 8.08. The number of nitrogens with zero attached hydrogens (tertiary/aromatic N) is 1. The standard InChI is InChI=1S/C27H35NO6/c1-15-7-8-17-14-19-27(31)10-9-18(32-24(30)16(2)13-20(29)34-25(3,4)5)23-26(27,11-12-28(19)6)21(17)22(15)33-23/h7-9,16,19,23,31H,10-14H2,1-6H3/t16-,19+,23-,26-,27+/m0/s1. The van der Waals surface area contributed by atoms with Crippen LogP contribution in [0, 0.1) is 12.8 Å². The summed E-state index contributed by atoms with van der Waals surface area (Å²) in [6.07, 6.45) is 3.06. The third-order valence-electron chi connectivity index (χ3n) is 8.08. The van der Waals surface area contributed by atoms with Gasteiger partial charge in [0.1, 0.15) is 17.1 Å².